The Hall–Kier alpha value is -1.48. The molecule has 1 aromatic rings. The third-order valence-corrected chi connectivity index (χ3v) is 2.45. The van der Waals surface area contributed by atoms with Crippen LogP contribution in [0.25, 0.3) is 0 Å². The Morgan fingerprint density at radius 1 is 1.16 bits per heavy atom. The van der Waals surface area contributed by atoms with Crippen LogP contribution in [-0.4, -0.2) is 33.5 Å². The molecule has 0 saturated carbocycles. The van der Waals surface area contributed by atoms with E-state index in [9.17, 15) is 4.39 Å². The molecular weight excluding hydrogens is 249 g/mol. The van der Waals surface area contributed by atoms with E-state index in [-0.39, 0.29) is 6.61 Å². The molecule has 0 unspecified atom stereocenters. The highest BCUT2D eigenvalue weighted by molar-refractivity contribution is 5.32. The van der Waals surface area contributed by atoms with Crippen molar-refractivity contribution in [2.75, 3.05) is 33.5 Å². The second-order valence-electron chi connectivity index (χ2n) is 3.93. The van der Waals surface area contributed by atoms with Gasteiger partial charge in [-0.05, 0) is 18.6 Å². The summed E-state index contributed by atoms with van der Waals surface area (Å²) in [7, 11) is 1.65. The summed E-state index contributed by atoms with van der Waals surface area (Å²) in [5, 5.41) is 8.61. The van der Waals surface area contributed by atoms with E-state index in [1.54, 1.807) is 19.2 Å². The maximum atomic E-state index is 13.5. The Morgan fingerprint density at radius 2 is 1.95 bits per heavy atom. The van der Waals surface area contributed by atoms with E-state index in [0.717, 1.165) is 6.42 Å². The minimum Gasteiger partial charge on any atom is -0.385 e. The predicted octanol–water partition coefficient (Wildman–Crippen LogP) is 2.27. The van der Waals surface area contributed by atoms with Crippen LogP contribution in [-0.2, 0) is 20.8 Å². The van der Waals surface area contributed by atoms with Crippen molar-refractivity contribution >= 4 is 0 Å². The van der Waals surface area contributed by atoms with Gasteiger partial charge in [-0.2, -0.15) is 5.26 Å². The third-order valence-electron chi connectivity index (χ3n) is 2.45. The first kappa shape index (κ1) is 15.6. The molecule has 19 heavy (non-hydrogen) atoms. The molecule has 0 radical (unpaired) electrons. The van der Waals surface area contributed by atoms with Crippen LogP contribution in [0.2, 0.25) is 0 Å². The first-order valence-corrected chi connectivity index (χ1v) is 6.11. The van der Waals surface area contributed by atoms with Crippen molar-refractivity contribution in [2.45, 2.75) is 13.0 Å². The van der Waals surface area contributed by atoms with Gasteiger partial charge in [0.05, 0.1) is 31.5 Å². The zero-order valence-electron chi connectivity index (χ0n) is 11.0. The predicted molar refractivity (Wildman–Crippen MR) is 68.1 cm³/mol. The number of halogens is 1. The monoisotopic (exact) mass is 267 g/mol. The first-order valence-electron chi connectivity index (χ1n) is 6.11. The lowest BCUT2D eigenvalue weighted by Crippen LogP contribution is -2.07. The maximum absolute atomic E-state index is 13.5. The molecule has 0 amide bonds. The molecular formula is C14H18FNO3. The molecule has 0 fully saturated rings. The minimum atomic E-state index is -0.417. The summed E-state index contributed by atoms with van der Waals surface area (Å²) in [6.07, 6.45) is 0.848. The standard InChI is InChI=1S/C14H18FNO3/c1-17-5-2-6-18-7-8-19-11-13-4-3-12(10-16)9-14(13)15/h3-4,9H,2,5-8,11H2,1H3. The average Bonchev–Trinajstić information content (AvgIpc) is 2.43. The van der Waals surface area contributed by atoms with Gasteiger partial charge in [0.15, 0.2) is 0 Å². The molecule has 0 aromatic heterocycles. The summed E-state index contributed by atoms with van der Waals surface area (Å²) in [6, 6.07) is 6.23. The van der Waals surface area contributed by atoms with Gasteiger partial charge in [-0.25, -0.2) is 4.39 Å². The summed E-state index contributed by atoms with van der Waals surface area (Å²) in [6.45, 7) is 2.37. The van der Waals surface area contributed by atoms with Gasteiger partial charge in [-0.1, -0.05) is 6.07 Å². The van der Waals surface area contributed by atoms with Crippen LogP contribution in [0.4, 0.5) is 4.39 Å². The molecule has 0 bridgehead atoms. The van der Waals surface area contributed by atoms with Gasteiger partial charge in [0, 0.05) is 25.9 Å². The van der Waals surface area contributed by atoms with Crippen molar-refractivity contribution in [1.82, 2.24) is 0 Å². The Bertz CT molecular complexity index is 418. The topological polar surface area (TPSA) is 51.5 Å². The highest BCUT2D eigenvalue weighted by Gasteiger charge is 2.03. The van der Waals surface area contributed by atoms with E-state index in [1.807, 2.05) is 6.07 Å². The highest BCUT2D eigenvalue weighted by Crippen LogP contribution is 2.10. The van der Waals surface area contributed by atoms with E-state index in [1.165, 1.54) is 6.07 Å². The summed E-state index contributed by atoms with van der Waals surface area (Å²) >= 11 is 0. The molecule has 0 aliphatic carbocycles. The van der Waals surface area contributed by atoms with Crippen molar-refractivity contribution in [2.24, 2.45) is 0 Å². The smallest absolute Gasteiger partial charge is 0.130 e. The Morgan fingerprint density at radius 3 is 2.63 bits per heavy atom. The highest BCUT2D eigenvalue weighted by atomic mass is 19.1. The van der Waals surface area contributed by atoms with Crippen LogP contribution in [0.5, 0.6) is 0 Å². The largest absolute Gasteiger partial charge is 0.385 e. The number of ether oxygens (including phenoxy) is 3. The lowest BCUT2D eigenvalue weighted by atomic mass is 10.1. The number of methoxy groups -OCH3 is 1. The average molecular weight is 267 g/mol. The van der Waals surface area contributed by atoms with Gasteiger partial charge in [0.1, 0.15) is 5.82 Å². The van der Waals surface area contributed by atoms with Crippen molar-refractivity contribution in [1.29, 1.82) is 5.26 Å². The molecule has 1 aromatic carbocycles. The fourth-order valence-corrected chi connectivity index (χ4v) is 1.44. The van der Waals surface area contributed by atoms with Crippen molar-refractivity contribution in [3.05, 3.63) is 35.1 Å². The summed E-state index contributed by atoms with van der Waals surface area (Å²) in [4.78, 5) is 0. The van der Waals surface area contributed by atoms with Gasteiger partial charge in [-0.15, -0.1) is 0 Å². The second-order valence-corrected chi connectivity index (χ2v) is 3.93. The number of rotatable bonds is 9. The number of nitrogens with zero attached hydrogens (tertiary/aromatic N) is 1. The van der Waals surface area contributed by atoms with Crippen LogP contribution in [0, 0.1) is 17.1 Å². The van der Waals surface area contributed by atoms with Crippen LogP contribution < -0.4 is 0 Å². The normalized spacial score (nSPS) is 10.4. The molecule has 1 rings (SSSR count). The Labute approximate surface area is 112 Å². The van der Waals surface area contributed by atoms with E-state index in [0.29, 0.717) is 37.6 Å². The molecule has 5 heteroatoms. The molecule has 0 atom stereocenters. The lowest BCUT2D eigenvalue weighted by Gasteiger charge is -2.06. The van der Waals surface area contributed by atoms with E-state index in [2.05, 4.69) is 0 Å². The molecule has 0 N–H and O–H groups in total. The van der Waals surface area contributed by atoms with Crippen molar-refractivity contribution < 1.29 is 18.6 Å². The number of nitriles is 1. The van der Waals surface area contributed by atoms with E-state index < -0.39 is 5.82 Å². The van der Waals surface area contributed by atoms with Gasteiger partial charge in [0.2, 0.25) is 0 Å². The first-order chi connectivity index (χ1) is 9.27. The summed E-state index contributed by atoms with van der Waals surface area (Å²) in [5.41, 5.74) is 0.751. The number of hydrogen-bond acceptors (Lipinski definition) is 4. The lowest BCUT2D eigenvalue weighted by molar-refractivity contribution is 0.0329. The SMILES string of the molecule is COCCCOCCOCc1ccc(C#N)cc1F. The Kier molecular flexibility index (Phi) is 7.75. The number of hydrogen-bond donors (Lipinski definition) is 0. The van der Waals surface area contributed by atoms with Crippen LogP contribution in [0.15, 0.2) is 18.2 Å². The van der Waals surface area contributed by atoms with Gasteiger partial charge in [0.25, 0.3) is 0 Å². The summed E-state index contributed by atoms with van der Waals surface area (Å²) < 4.78 is 29.0. The second kappa shape index (κ2) is 9.45. The van der Waals surface area contributed by atoms with Crippen LogP contribution in [0.1, 0.15) is 17.5 Å². The molecule has 4 nitrogen and oxygen atoms in total. The molecule has 0 aliphatic rings. The molecule has 0 saturated heterocycles. The zero-order valence-corrected chi connectivity index (χ0v) is 11.0. The van der Waals surface area contributed by atoms with Gasteiger partial charge < -0.3 is 14.2 Å². The van der Waals surface area contributed by atoms with Gasteiger partial charge in [-0.3, -0.25) is 0 Å². The zero-order chi connectivity index (χ0) is 13.9. The fourth-order valence-electron chi connectivity index (χ4n) is 1.44. The van der Waals surface area contributed by atoms with Crippen LogP contribution in [0.3, 0.4) is 0 Å². The van der Waals surface area contributed by atoms with Crippen LogP contribution >= 0.6 is 0 Å². The van der Waals surface area contributed by atoms with Crippen molar-refractivity contribution in [3.8, 4) is 6.07 Å². The third kappa shape index (κ3) is 6.30. The maximum Gasteiger partial charge on any atom is 0.130 e. The molecule has 0 spiro atoms. The molecule has 0 heterocycles. The minimum absolute atomic E-state index is 0.180. The number of benzene rings is 1. The summed E-state index contributed by atoms with van der Waals surface area (Å²) in [5.74, 6) is -0.417. The molecule has 104 valence electrons. The molecule has 0 aliphatic heterocycles. The van der Waals surface area contributed by atoms with Crippen molar-refractivity contribution in [3.63, 3.8) is 0 Å². The fraction of sp³-hybridized carbons (Fsp3) is 0.500. The van der Waals surface area contributed by atoms with E-state index >= 15 is 0 Å². The van der Waals surface area contributed by atoms with E-state index in [4.69, 9.17) is 19.5 Å². The quantitative estimate of drug-likeness (QED) is 0.644. The Balaban J connectivity index is 2.14. The van der Waals surface area contributed by atoms with Gasteiger partial charge >= 0.3 is 0 Å².